The number of sulfone groups is 1. The third-order valence-electron chi connectivity index (χ3n) is 4.07. The van der Waals surface area contributed by atoms with E-state index in [1.54, 1.807) is 0 Å². The van der Waals surface area contributed by atoms with E-state index in [-0.39, 0.29) is 22.8 Å². The number of carbonyl (C=O) groups excluding carboxylic acids is 1. The Hall–Kier alpha value is -0.420. The fourth-order valence-electron chi connectivity index (χ4n) is 2.76. The monoisotopic (exact) mass is 259 g/mol. The average molecular weight is 259 g/mol. The van der Waals surface area contributed by atoms with Crippen molar-refractivity contribution in [1.82, 2.24) is 4.90 Å². The van der Waals surface area contributed by atoms with Crippen molar-refractivity contribution in [2.75, 3.05) is 31.1 Å². The minimum absolute atomic E-state index is 0.116. The van der Waals surface area contributed by atoms with Gasteiger partial charge in [-0.25, -0.2) is 8.42 Å². The molecule has 0 aromatic heterocycles. The van der Waals surface area contributed by atoms with Crippen LogP contribution in [0.25, 0.3) is 0 Å². The lowest BCUT2D eigenvalue weighted by molar-refractivity contribution is -0.127. The second kappa shape index (κ2) is 4.35. The van der Waals surface area contributed by atoms with Gasteiger partial charge in [-0.15, -0.1) is 0 Å². The van der Waals surface area contributed by atoms with Crippen LogP contribution < -0.4 is 0 Å². The summed E-state index contributed by atoms with van der Waals surface area (Å²) in [5, 5.41) is 0. The lowest BCUT2D eigenvalue weighted by Crippen LogP contribution is -2.43. The van der Waals surface area contributed by atoms with E-state index in [4.69, 9.17) is 0 Å². The molecule has 1 heterocycles. The first kappa shape index (κ1) is 13.0. The first-order chi connectivity index (χ1) is 7.80. The number of Topliss-reactive ketones (excluding diaryl/α,β-unsaturated/α-hetero) is 1. The van der Waals surface area contributed by atoms with E-state index in [9.17, 15) is 13.2 Å². The Morgan fingerprint density at radius 2 is 1.88 bits per heavy atom. The van der Waals surface area contributed by atoms with Gasteiger partial charge < -0.3 is 4.90 Å². The molecule has 1 unspecified atom stereocenters. The number of ketones is 1. The molecule has 4 nitrogen and oxygen atoms in total. The summed E-state index contributed by atoms with van der Waals surface area (Å²) < 4.78 is 22.6. The highest BCUT2D eigenvalue weighted by Crippen LogP contribution is 2.37. The molecule has 1 aliphatic carbocycles. The van der Waals surface area contributed by atoms with E-state index in [0.717, 1.165) is 19.4 Å². The molecule has 0 spiro atoms. The van der Waals surface area contributed by atoms with Crippen LogP contribution in [0.2, 0.25) is 0 Å². The van der Waals surface area contributed by atoms with Gasteiger partial charge in [-0.3, -0.25) is 4.79 Å². The quantitative estimate of drug-likeness (QED) is 0.733. The van der Waals surface area contributed by atoms with Crippen LogP contribution in [-0.4, -0.2) is 50.2 Å². The van der Waals surface area contributed by atoms with Gasteiger partial charge in [0.15, 0.2) is 9.84 Å². The second-order valence-corrected chi connectivity index (χ2v) is 8.24. The minimum Gasteiger partial charge on any atom is -0.301 e. The summed E-state index contributed by atoms with van der Waals surface area (Å²) in [5.41, 5.74) is -0.174. The molecular formula is C12H21NO3S. The van der Waals surface area contributed by atoms with Crippen LogP contribution in [0.1, 0.15) is 26.7 Å². The van der Waals surface area contributed by atoms with Crippen molar-refractivity contribution < 1.29 is 13.2 Å². The van der Waals surface area contributed by atoms with E-state index in [2.05, 4.69) is 4.90 Å². The van der Waals surface area contributed by atoms with Gasteiger partial charge in [-0.1, -0.05) is 13.8 Å². The maximum absolute atomic E-state index is 12.1. The number of rotatable bonds is 2. The minimum atomic E-state index is -2.81. The van der Waals surface area contributed by atoms with Gasteiger partial charge in [0, 0.05) is 31.0 Å². The molecule has 0 aromatic carbocycles. The summed E-state index contributed by atoms with van der Waals surface area (Å²) in [5.74, 6) is 0.964. The molecule has 0 radical (unpaired) electrons. The van der Waals surface area contributed by atoms with Gasteiger partial charge in [-0.05, 0) is 12.8 Å². The Morgan fingerprint density at radius 1 is 1.29 bits per heavy atom. The van der Waals surface area contributed by atoms with Gasteiger partial charge in [0.1, 0.15) is 5.78 Å². The maximum atomic E-state index is 12.1. The summed E-state index contributed by atoms with van der Waals surface area (Å²) in [6.07, 6.45) is 1.91. The standard InChI is InChI=1S/C12H21NO3S/c1-12(2)4-3-10(11(12)14)9-13-5-7-17(15,16)8-6-13/h10H,3-9H2,1-2H3. The summed E-state index contributed by atoms with van der Waals surface area (Å²) in [7, 11) is -2.81. The normalized spacial score (nSPS) is 32.8. The SMILES string of the molecule is CC1(C)CCC(CN2CCS(=O)(=O)CC2)C1=O. The molecule has 5 heteroatoms. The van der Waals surface area contributed by atoms with E-state index >= 15 is 0 Å². The highest BCUT2D eigenvalue weighted by atomic mass is 32.2. The zero-order valence-corrected chi connectivity index (χ0v) is 11.4. The van der Waals surface area contributed by atoms with Crippen molar-refractivity contribution in [3.8, 4) is 0 Å². The van der Waals surface area contributed by atoms with Gasteiger partial charge >= 0.3 is 0 Å². The molecule has 17 heavy (non-hydrogen) atoms. The third kappa shape index (κ3) is 2.88. The summed E-state index contributed by atoms with van der Waals surface area (Å²) >= 11 is 0. The molecule has 1 saturated heterocycles. The van der Waals surface area contributed by atoms with Crippen LogP contribution in [-0.2, 0) is 14.6 Å². The van der Waals surface area contributed by atoms with Crippen LogP contribution >= 0.6 is 0 Å². The lowest BCUT2D eigenvalue weighted by Gasteiger charge is -2.28. The molecule has 0 bridgehead atoms. The van der Waals surface area contributed by atoms with Gasteiger partial charge in [0.05, 0.1) is 11.5 Å². The molecule has 1 aliphatic heterocycles. The van der Waals surface area contributed by atoms with Gasteiger partial charge in [0.25, 0.3) is 0 Å². The van der Waals surface area contributed by atoms with E-state index < -0.39 is 9.84 Å². The van der Waals surface area contributed by atoms with Gasteiger partial charge in [0.2, 0.25) is 0 Å². The van der Waals surface area contributed by atoms with E-state index in [0.29, 0.717) is 18.9 Å². The fraction of sp³-hybridized carbons (Fsp3) is 0.917. The molecule has 1 saturated carbocycles. The summed E-state index contributed by atoms with van der Waals surface area (Å²) in [6, 6.07) is 0. The highest BCUT2D eigenvalue weighted by Gasteiger charge is 2.41. The predicted octanol–water partition coefficient (Wildman–Crippen LogP) is 0.722. The Labute approximate surface area is 103 Å². The zero-order chi connectivity index (χ0) is 12.7. The molecule has 0 amide bonds. The topological polar surface area (TPSA) is 54.5 Å². The van der Waals surface area contributed by atoms with Crippen molar-refractivity contribution >= 4 is 15.6 Å². The first-order valence-corrected chi connectivity index (χ1v) is 8.09. The van der Waals surface area contributed by atoms with Crippen molar-refractivity contribution in [2.45, 2.75) is 26.7 Å². The highest BCUT2D eigenvalue weighted by molar-refractivity contribution is 7.91. The Bertz CT molecular complexity index is 399. The molecule has 98 valence electrons. The maximum Gasteiger partial charge on any atom is 0.152 e. The van der Waals surface area contributed by atoms with Crippen molar-refractivity contribution in [2.24, 2.45) is 11.3 Å². The summed E-state index contributed by atoms with van der Waals surface area (Å²) in [4.78, 5) is 14.2. The van der Waals surface area contributed by atoms with E-state index in [1.807, 2.05) is 13.8 Å². The Kier molecular flexibility index (Phi) is 3.34. The molecule has 0 N–H and O–H groups in total. The lowest BCUT2D eigenvalue weighted by atomic mass is 9.89. The summed E-state index contributed by atoms with van der Waals surface area (Å²) in [6.45, 7) is 5.95. The second-order valence-electron chi connectivity index (χ2n) is 5.94. The molecule has 0 aromatic rings. The van der Waals surface area contributed by atoms with Crippen LogP contribution in [0.4, 0.5) is 0 Å². The molecule has 1 atom stereocenters. The molecular weight excluding hydrogens is 238 g/mol. The zero-order valence-electron chi connectivity index (χ0n) is 10.6. The molecule has 2 fully saturated rings. The fourth-order valence-corrected chi connectivity index (χ4v) is 4.04. The predicted molar refractivity (Wildman–Crippen MR) is 66.6 cm³/mol. The van der Waals surface area contributed by atoms with E-state index in [1.165, 1.54) is 0 Å². The first-order valence-electron chi connectivity index (χ1n) is 6.27. The molecule has 2 rings (SSSR count). The van der Waals surface area contributed by atoms with Crippen molar-refractivity contribution in [3.05, 3.63) is 0 Å². The third-order valence-corrected chi connectivity index (χ3v) is 5.68. The van der Waals surface area contributed by atoms with Crippen molar-refractivity contribution in [1.29, 1.82) is 0 Å². The number of hydrogen-bond acceptors (Lipinski definition) is 4. The number of nitrogens with zero attached hydrogens (tertiary/aromatic N) is 1. The van der Waals surface area contributed by atoms with Crippen LogP contribution in [0.3, 0.4) is 0 Å². The largest absolute Gasteiger partial charge is 0.301 e. The van der Waals surface area contributed by atoms with Crippen LogP contribution in [0.5, 0.6) is 0 Å². The number of hydrogen-bond donors (Lipinski definition) is 0. The van der Waals surface area contributed by atoms with Gasteiger partial charge in [-0.2, -0.15) is 0 Å². The Morgan fingerprint density at radius 3 is 2.35 bits per heavy atom. The average Bonchev–Trinajstić information content (AvgIpc) is 2.48. The Balaban J connectivity index is 1.90. The molecule has 2 aliphatic rings. The number of carbonyl (C=O) groups is 1. The van der Waals surface area contributed by atoms with Crippen LogP contribution in [0.15, 0.2) is 0 Å². The van der Waals surface area contributed by atoms with Crippen LogP contribution in [0, 0.1) is 11.3 Å². The smallest absolute Gasteiger partial charge is 0.152 e. The van der Waals surface area contributed by atoms with Crippen molar-refractivity contribution in [3.63, 3.8) is 0 Å².